The number of nitrogens with one attached hydrogen (secondary N) is 1. The predicted octanol–water partition coefficient (Wildman–Crippen LogP) is 2.75. The number of carbonyl (C=O) groups is 2. The molecule has 2 heterocycles. The van der Waals surface area contributed by atoms with Crippen LogP contribution in [0.2, 0.25) is 5.02 Å². The van der Waals surface area contributed by atoms with Crippen molar-refractivity contribution in [2.45, 2.75) is 56.3 Å². The summed E-state index contributed by atoms with van der Waals surface area (Å²) in [4.78, 5) is 27.1. The third kappa shape index (κ3) is 2.62. The van der Waals surface area contributed by atoms with E-state index in [1.807, 2.05) is 0 Å². The molecule has 140 valence electrons. The zero-order valence-electron chi connectivity index (χ0n) is 14.9. The number of ether oxygens (including phenoxy) is 1. The Hall–Kier alpha value is -1.66. The summed E-state index contributed by atoms with van der Waals surface area (Å²) in [6.07, 6.45) is 2.58. The smallest absolute Gasteiger partial charge is 0.254 e. The Kier molecular flexibility index (Phi) is 3.87. The average Bonchev–Trinajstić information content (AvgIpc) is 3.34. The minimum atomic E-state index is -0.914. The predicted molar refractivity (Wildman–Crippen MR) is 94.2 cm³/mol. The van der Waals surface area contributed by atoms with Gasteiger partial charge in [-0.2, -0.15) is 0 Å². The first-order chi connectivity index (χ1) is 12.2. The van der Waals surface area contributed by atoms with Crippen molar-refractivity contribution in [3.8, 4) is 0 Å². The van der Waals surface area contributed by atoms with Gasteiger partial charge in [0.15, 0.2) is 5.72 Å². The molecule has 0 bridgehead atoms. The van der Waals surface area contributed by atoms with Gasteiger partial charge in [0.25, 0.3) is 5.91 Å². The van der Waals surface area contributed by atoms with E-state index in [9.17, 15) is 14.0 Å². The summed E-state index contributed by atoms with van der Waals surface area (Å²) in [6, 6.07) is 4.80. The summed E-state index contributed by atoms with van der Waals surface area (Å²) in [5.41, 5.74) is -2.24. The van der Waals surface area contributed by atoms with Gasteiger partial charge in [-0.1, -0.05) is 23.7 Å². The third-order valence-corrected chi connectivity index (χ3v) is 6.00. The standard InChI is InChI=1S/C19H22ClFN2O3/c1-17(2)15(24)22-19(26-17)7-4-10-23(11-19)16(25)18(8-9-18)12-5-3-6-13(20)14(12)21/h3,5-6H,4,7-11H2,1-2H3,(H,22,24). The van der Waals surface area contributed by atoms with Crippen LogP contribution in [0, 0.1) is 5.82 Å². The van der Waals surface area contributed by atoms with Gasteiger partial charge in [0.1, 0.15) is 11.4 Å². The van der Waals surface area contributed by atoms with Crippen molar-refractivity contribution >= 4 is 23.4 Å². The molecule has 1 N–H and O–H groups in total. The number of rotatable bonds is 2. The topological polar surface area (TPSA) is 58.6 Å². The molecule has 1 saturated carbocycles. The SMILES string of the molecule is CC1(C)OC2(CCCN(C(=O)C3(c4cccc(Cl)c4F)CC3)C2)NC1=O. The maximum Gasteiger partial charge on any atom is 0.254 e. The molecule has 26 heavy (non-hydrogen) atoms. The second-order valence-electron chi connectivity index (χ2n) is 8.07. The van der Waals surface area contributed by atoms with Gasteiger partial charge < -0.3 is 15.0 Å². The molecule has 2 saturated heterocycles. The Morgan fingerprint density at radius 2 is 2.04 bits per heavy atom. The summed E-state index contributed by atoms with van der Waals surface area (Å²) < 4.78 is 20.5. The monoisotopic (exact) mass is 380 g/mol. The van der Waals surface area contributed by atoms with Crippen LogP contribution in [0.4, 0.5) is 4.39 Å². The van der Waals surface area contributed by atoms with Gasteiger partial charge >= 0.3 is 0 Å². The fraction of sp³-hybridized carbons (Fsp3) is 0.579. The van der Waals surface area contributed by atoms with E-state index < -0.39 is 22.6 Å². The van der Waals surface area contributed by atoms with Crippen LogP contribution in [-0.2, 0) is 19.7 Å². The lowest BCUT2D eigenvalue weighted by Crippen LogP contribution is -2.58. The van der Waals surface area contributed by atoms with Gasteiger partial charge in [0, 0.05) is 12.1 Å². The van der Waals surface area contributed by atoms with E-state index in [0.717, 1.165) is 6.42 Å². The quantitative estimate of drug-likeness (QED) is 0.858. The van der Waals surface area contributed by atoms with Crippen LogP contribution in [0.1, 0.15) is 45.1 Å². The Bertz CT molecular complexity index is 793. The van der Waals surface area contributed by atoms with Crippen molar-refractivity contribution in [2.24, 2.45) is 0 Å². The highest BCUT2D eigenvalue weighted by Gasteiger charge is 2.58. The molecule has 3 aliphatic rings. The van der Waals surface area contributed by atoms with Crippen LogP contribution < -0.4 is 5.32 Å². The summed E-state index contributed by atoms with van der Waals surface area (Å²) in [5.74, 6) is -0.799. The molecule has 4 rings (SSSR count). The number of piperidine rings is 1. The molecule has 1 aliphatic carbocycles. The normalized spacial score (nSPS) is 28.9. The molecule has 1 spiro atoms. The number of hydrogen-bond acceptors (Lipinski definition) is 3. The van der Waals surface area contributed by atoms with Gasteiger partial charge in [0.2, 0.25) is 5.91 Å². The first-order valence-corrected chi connectivity index (χ1v) is 9.34. The second kappa shape index (κ2) is 5.67. The van der Waals surface area contributed by atoms with Crippen molar-refractivity contribution in [3.63, 3.8) is 0 Å². The number of hydrogen-bond donors (Lipinski definition) is 1. The van der Waals surface area contributed by atoms with Crippen LogP contribution in [0.5, 0.6) is 0 Å². The molecule has 1 aromatic carbocycles. The number of amides is 2. The van der Waals surface area contributed by atoms with Crippen LogP contribution in [-0.4, -0.2) is 41.1 Å². The second-order valence-corrected chi connectivity index (χ2v) is 8.48. The van der Waals surface area contributed by atoms with E-state index in [-0.39, 0.29) is 23.4 Å². The van der Waals surface area contributed by atoms with Crippen LogP contribution in [0.25, 0.3) is 0 Å². The van der Waals surface area contributed by atoms with Crippen LogP contribution in [0.3, 0.4) is 0 Å². The van der Waals surface area contributed by atoms with Crippen molar-refractivity contribution in [1.82, 2.24) is 10.2 Å². The number of carbonyl (C=O) groups excluding carboxylic acids is 2. The Morgan fingerprint density at radius 3 is 2.65 bits per heavy atom. The van der Waals surface area contributed by atoms with Gasteiger partial charge in [0.05, 0.1) is 17.0 Å². The molecule has 7 heteroatoms. The minimum Gasteiger partial charge on any atom is -0.338 e. The molecular formula is C19H22ClFN2O3. The molecule has 1 atom stereocenters. The van der Waals surface area contributed by atoms with Gasteiger partial charge in [-0.25, -0.2) is 4.39 Å². The largest absolute Gasteiger partial charge is 0.338 e. The number of benzene rings is 1. The first kappa shape index (κ1) is 17.7. The zero-order chi connectivity index (χ0) is 18.7. The van der Waals surface area contributed by atoms with Crippen molar-refractivity contribution in [2.75, 3.05) is 13.1 Å². The highest BCUT2D eigenvalue weighted by Crippen LogP contribution is 2.51. The lowest BCUT2D eigenvalue weighted by atomic mass is 9.91. The molecular weight excluding hydrogens is 359 g/mol. The number of halogens is 2. The minimum absolute atomic E-state index is 0.0322. The highest BCUT2D eigenvalue weighted by molar-refractivity contribution is 6.30. The zero-order valence-corrected chi connectivity index (χ0v) is 15.7. The number of nitrogens with zero attached hydrogens (tertiary/aromatic N) is 1. The first-order valence-electron chi connectivity index (χ1n) is 8.96. The van der Waals surface area contributed by atoms with Crippen molar-refractivity contribution < 1.29 is 18.7 Å². The lowest BCUT2D eigenvalue weighted by molar-refractivity contribution is -0.154. The number of likely N-dealkylation sites (tertiary alicyclic amines) is 1. The van der Waals surface area contributed by atoms with Crippen LogP contribution >= 0.6 is 11.6 Å². The summed E-state index contributed by atoms with van der Waals surface area (Å²) in [6.45, 7) is 4.30. The molecule has 1 aromatic rings. The third-order valence-electron chi connectivity index (χ3n) is 5.71. The van der Waals surface area contributed by atoms with Crippen LogP contribution in [0.15, 0.2) is 18.2 Å². The maximum absolute atomic E-state index is 14.5. The van der Waals surface area contributed by atoms with E-state index in [4.69, 9.17) is 16.3 Å². The van der Waals surface area contributed by atoms with Gasteiger partial charge in [-0.3, -0.25) is 9.59 Å². The maximum atomic E-state index is 14.5. The molecule has 3 fully saturated rings. The lowest BCUT2D eigenvalue weighted by Gasteiger charge is -2.41. The molecule has 0 aromatic heterocycles. The molecule has 1 unspecified atom stereocenters. The summed E-state index contributed by atoms with van der Waals surface area (Å²) >= 11 is 5.92. The van der Waals surface area contributed by atoms with E-state index >= 15 is 0 Å². The average molecular weight is 381 g/mol. The van der Waals surface area contributed by atoms with Crippen molar-refractivity contribution in [3.05, 3.63) is 34.6 Å². The van der Waals surface area contributed by atoms with E-state index in [0.29, 0.717) is 31.4 Å². The van der Waals surface area contributed by atoms with Gasteiger partial charge in [-0.05, 0) is 45.6 Å². The summed E-state index contributed by atoms with van der Waals surface area (Å²) in [7, 11) is 0. The summed E-state index contributed by atoms with van der Waals surface area (Å²) in [5, 5.41) is 2.96. The Morgan fingerprint density at radius 1 is 1.31 bits per heavy atom. The highest BCUT2D eigenvalue weighted by atomic mass is 35.5. The molecule has 0 radical (unpaired) electrons. The molecule has 2 amide bonds. The van der Waals surface area contributed by atoms with Gasteiger partial charge in [-0.15, -0.1) is 0 Å². The molecule has 2 aliphatic heterocycles. The Labute approximate surface area is 156 Å². The fourth-order valence-corrected chi connectivity index (χ4v) is 4.37. The fourth-order valence-electron chi connectivity index (χ4n) is 4.20. The Balaban J connectivity index is 1.59. The van der Waals surface area contributed by atoms with E-state index in [1.165, 1.54) is 6.07 Å². The van der Waals surface area contributed by atoms with E-state index in [1.54, 1.807) is 30.9 Å². The van der Waals surface area contributed by atoms with Crippen molar-refractivity contribution in [1.29, 1.82) is 0 Å². The molecule has 5 nitrogen and oxygen atoms in total. The van der Waals surface area contributed by atoms with E-state index in [2.05, 4.69) is 5.32 Å².